The van der Waals surface area contributed by atoms with Gasteiger partial charge in [-0.25, -0.2) is 9.37 Å². The number of benzene rings is 1. The fourth-order valence-corrected chi connectivity index (χ4v) is 5.55. The Kier molecular flexibility index (Phi) is 5.42. The lowest BCUT2D eigenvalue weighted by molar-refractivity contribution is 0.0637. The number of nitrogens with one attached hydrogen (secondary N) is 1. The van der Waals surface area contributed by atoms with Crippen molar-refractivity contribution in [2.75, 3.05) is 33.4 Å². The van der Waals surface area contributed by atoms with Crippen LogP contribution in [0.5, 0.6) is 5.75 Å². The highest BCUT2D eigenvalue weighted by atomic mass is 19.1. The van der Waals surface area contributed by atoms with Crippen molar-refractivity contribution in [2.45, 2.75) is 24.9 Å². The van der Waals surface area contributed by atoms with Crippen LogP contribution >= 0.6 is 0 Å². The average Bonchev–Trinajstić information content (AvgIpc) is 3.45. The highest BCUT2D eigenvalue weighted by Crippen LogP contribution is 2.47. The number of aliphatic hydroxyl groups excluding tert-OH is 2. The second-order valence-electron chi connectivity index (χ2n) is 8.93. The maximum Gasteiger partial charge on any atom is 0.138 e. The van der Waals surface area contributed by atoms with E-state index in [9.17, 15) is 9.50 Å². The third kappa shape index (κ3) is 3.82. The zero-order valence-corrected chi connectivity index (χ0v) is 17.6. The van der Waals surface area contributed by atoms with Gasteiger partial charge in [0.2, 0.25) is 0 Å². The molecule has 164 valence electrons. The third-order valence-corrected chi connectivity index (χ3v) is 6.95. The van der Waals surface area contributed by atoms with E-state index in [1.54, 1.807) is 19.4 Å². The van der Waals surface area contributed by atoms with Crippen molar-refractivity contribution in [2.24, 2.45) is 11.8 Å². The second kappa shape index (κ2) is 8.22. The minimum absolute atomic E-state index is 0.186. The van der Waals surface area contributed by atoms with Crippen molar-refractivity contribution in [1.29, 1.82) is 0 Å². The number of methoxy groups -OCH3 is 1. The number of aromatic nitrogens is 2. The molecule has 3 atom stereocenters. The summed E-state index contributed by atoms with van der Waals surface area (Å²) in [5, 5.41) is 19.8. The van der Waals surface area contributed by atoms with Gasteiger partial charge in [-0.3, -0.25) is 0 Å². The molecule has 5 rings (SSSR count). The normalized spacial score (nSPS) is 24.6. The zero-order valence-electron chi connectivity index (χ0n) is 17.6. The van der Waals surface area contributed by atoms with Gasteiger partial charge in [0.05, 0.1) is 19.8 Å². The Bertz CT molecular complexity index is 1070. The molecule has 1 aliphatic carbocycles. The highest BCUT2D eigenvalue weighted by Gasteiger charge is 2.42. The number of hydrogen-bond donors (Lipinski definition) is 3. The first-order chi connectivity index (χ1) is 15.1. The fraction of sp³-hybridized carbons (Fsp3) is 0.458. The molecule has 2 aliphatic rings. The molecular formula is C24H28FN3O3. The van der Waals surface area contributed by atoms with Crippen molar-refractivity contribution in [1.82, 2.24) is 14.9 Å². The molecule has 2 aromatic heterocycles. The van der Waals surface area contributed by atoms with Gasteiger partial charge in [0, 0.05) is 42.5 Å². The first kappa shape index (κ1) is 20.4. The van der Waals surface area contributed by atoms with E-state index in [-0.39, 0.29) is 12.4 Å². The maximum atomic E-state index is 14.0. The van der Waals surface area contributed by atoms with Crippen molar-refractivity contribution in [3.05, 3.63) is 48.0 Å². The van der Waals surface area contributed by atoms with Gasteiger partial charge in [-0.2, -0.15) is 0 Å². The van der Waals surface area contributed by atoms with E-state index < -0.39 is 6.10 Å². The summed E-state index contributed by atoms with van der Waals surface area (Å²) in [5.41, 5.74) is 3.62. The van der Waals surface area contributed by atoms with Gasteiger partial charge in [-0.15, -0.1) is 0 Å². The fourth-order valence-electron chi connectivity index (χ4n) is 5.55. The molecule has 3 heterocycles. The summed E-state index contributed by atoms with van der Waals surface area (Å²) in [6, 6.07) is 8.65. The molecule has 3 unspecified atom stereocenters. The summed E-state index contributed by atoms with van der Waals surface area (Å²) >= 11 is 0. The molecule has 31 heavy (non-hydrogen) atoms. The predicted molar refractivity (Wildman–Crippen MR) is 117 cm³/mol. The Morgan fingerprint density at radius 3 is 2.68 bits per heavy atom. The smallest absolute Gasteiger partial charge is 0.138 e. The second-order valence-corrected chi connectivity index (χ2v) is 8.93. The number of likely N-dealkylation sites (tertiary alicyclic amines) is 1. The Labute approximate surface area is 180 Å². The number of fused-ring (bicyclic) bond motifs is 2. The van der Waals surface area contributed by atoms with E-state index in [0.29, 0.717) is 30.0 Å². The summed E-state index contributed by atoms with van der Waals surface area (Å²) in [6.07, 6.45) is 3.28. The molecule has 2 fully saturated rings. The Morgan fingerprint density at radius 2 is 1.97 bits per heavy atom. The van der Waals surface area contributed by atoms with Gasteiger partial charge in [-0.05, 0) is 66.5 Å². The average molecular weight is 426 g/mol. The summed E-state index contributed by atoms with van der Waals surface area (Å²) in [7, 11) is 1.60. The summed E-state index contributed by atoms with van der Waals surface area (Å²) in [5.74, 6) is 2.00. The zero-order chi connectivity index (χ0) is 21.5. The molecule has 1 aliphatic heterocycles. The van der Waals surface area contributed by atoms with E-state index in [0.717, 1.165) is 48.1 Å². The molecule has 7 heteroatoms. The van der Waals surface area contributed by atoms with Crippen LogP contribution in [0, 0.1) is 17.7 Å². The first-order valence-corrected chi connectivity index (χ1v) is 10.9. The number of aromatic amines is 1. The maximum absolute atomic E-state index is 14.0. The summed E-state index contributed by atoms with van der Waals surface area (Å²) in [6.45, 7) is 2.31. The lowest BCUT2D eigenvalue weighted by Crippen LogP contribution is -2.33. The number of H-pyrrole nitrogens is 1. The minimum Gasteiger partial charge on any atom is -0.496 e. The number of rotatable bonds is 6. The standard InChI is InChI=1S/C24H28FN3O3/c1-31-23-3-2-17(25)8-20(23)19-4-5-26-24-21(19)9-22(27-24)14-6-15-10-28(11-16(15)7-14)12-18(30)13-29/h2-5,8-9,14-16,18,29-30H,6-7,10-13H2,1H3,(H,26,27). The van der Waals surface area contributed by atoms with Crippen LogP contribution in [0.3, 0.4) is 0 Å². The molecule has 0 radical (unpaired) electrons. The number of nitrogens with zero attached hydrogens (tertiary/aromatic N) is 2. The van der Waals surface area contributed by atoms with Crippen LogP contribution in [0.4, 0.5) is 4.39 Å². The molecule has 3 aromatic rings. The molecular weight excluding hydrogens is 397 g/mol. The van der Waals surface area contributed by atoms with Crippen LogP contribution in [0.1, 0.15) is 24.5 Å². The lowest BCUT2D eigenvalue weighted by Gasteiger charge is -2.20. The van der Waals surface area contributed by atoms with Crippen LogP contribution in [0.2, 0.25) is 0 Å². The number of ether oxygens (including phenoxy) is 1. The molecule has 0 spiro atoms. The molecule has 1 aromatic carbocycles. The number of β-amino-alcohol motifs (C(OH)–C–C–N with tert-alkyl or cyclic N) is 1. The number of aliphatic hydroxyl groups is 2. The molecule has 0 bridgehead atoms. The van der Waals surface area contributed by atoms with Gasteiger partial charge >= 0.3 is 0 Å². The van der Waals surface area contributed by atoms with E-state index >= 15 is 0 Å². The lowest BCUT2D eigenvalue weighted by atomic mass is 9.99. The van der Waals surface area contributed by atoms with Crippen LogP contribution < -0.4 is 4.74 Å². The summed E-state index contributed by atoms with van der Waals surface area (Å²) in [4.78, 5) is 10.3. The minimum atomic E-state index is -0.660. The van der Waals surface area contributed by atoms with Crippen LogP contribution in [0.25, 0.3) is 22.2 Å². The van der Waals surface area contributed by atoms with Gasteiger partial charge in [0.15, 0.2) is 0 Å². The van der Waals surface area contributed by atoms with E-state index in [4.69, 9.17) is 9.84 Å². The van der Waals surface area contributed by atoms with Crippen LogP contribution in [-0.2, 0) is 0 Å². The molecule has 1 saturated carbocycles. The van der Waals surface area contributed by atoms with Crippen molar-refractivity contribution in [3.8, 4) is 16.9 Å². The van der Waals surface area contributed by atoms with E-state index in [1.165, 1.54) is 17.8 Å². The molecule has 1 saturated heterocycles. The van der Waals surface area contributed by atoms with Crippen LogP contribution in [-0.4, -0.2) is 64.5 Å². The SMILES string of the molecule is COc1ccc(F)cc1-c1ccnc2[nH]c(C3CC4CN(CC(O)CO)CC4C3)cc12. The highest BCUT2D eigenvalue weighted by molar-refractivity contribution is 5.95. The molecule has 3 N–H and O–H groups in total. The summed E-state index contributed by atoms with van der Waals surface area (Å²) < 4.78 is 19.4. The van der Waals surface area contributed by atoms with Crippen molar-refractivity contribution < 1.29 is 19.3 Å². The van der Waals surface area contributed by atoms with E-state index in [1.807, 2.05) is 6.07 Å². The van der Waals surface area contributed by atoms with Crippen molar-refractivity contribution in [3.63, 3.8) is 0 Å². The number of hydrogen-bond acceptors (Lipinski definition) is 5. The monoisotopic (exact) mass is 425 g/mol. The number of pyridine rings is 1. The number of halogens is 1. The van der Waals surface area contributed by atoms with Gasteiger partial charge in [0.25, 0.3) is 0 Å². The van der Waals surface area contributed by atoms with Gasteiger partial charge in [-0.1, -0.05) is 0 Å². The Hall–Kier alpha value is -2.48. The van der Waals surface area contributed by atoms with Crippen LogP contribution in [0.15, 0.2) is 36.5 Å². The van der Waals surface area contributed by atoms with E-state index in [2.05, 4.69) is 20.9 Å². The largest absolute Gasteiger partial charge is 0.496 e. The van der Waals surface area contributed by atoms with Crippen molar-refractivity contribution >= 4 is 11.0 Å². The first-order valence-electron chi connectivity index (χ1n) is 10.9. The predicted octanol–water partition coefficient (Wildman–Crippen LogP) is 3.16. The molecule has 0 amide bonds. The Morgan fingerprint density at radius 1 is 1.19 bits per heavy atom. The van der Waals surface area contributed by atoms with Gasteiger partial charge < -0.3 is 24.8 Å². The molecule has 6 nitrogen and oxygen atoms in total. The third-order valence-electron chi connectivity index (χ3n) is 6.95. The topological polar surface area (TPSA) is 81.6 Å². The van der Waals surface area contributed by atoms with Gasteiger partial charge in [0.1, 0.15) is 17.2 Å². The Balaban J connectivity index is 1.39. The quantitative estimate of drug-likeness (QED) is 0.565.